The Balaban J connectivity index is 2.49. The lowest BCUT2D eigenvalue weighted by Gasteiger charge is -2.07. The number of aromatic nitrogens is 3. The quantitative estimate of drug-likeness (QED) is 0.426. The number of nitrogens with two attached hydrogens (primary N) is 2. The largest absolute Gasteiger partial charge is 0.381 e. The number of nitrogens with zero attached hydrogens (tertiary/aromatic N) is 3. The zero-order valence-electron chi connectivity index (χ0n) is 7.21. The van der Waals surface area contributed by atoms with Crippen molar-refractivity contribution >= 4 is 17.8 Å². The van der Waals surface area contributed by atoms with Crippen molar-refractivity contribution in [2.75, 3.05) is 17.6 Å². The number of primary amides is 1. The molecule has 1 amide bonds. The first-order chi connectivity index (χ1) is 6.59. The molecule has 0 saturated heterocycles. The zero-order chi connectivity index (χ0) is 10.6. The first kappa shape index (κ1) is 10.1. The van der Waals surface area contributed by atoms with Crippen molar-refractivity contribution < 1.29 is 9.90 Å². The molecule has 14 heavy (non-hydrogen) atoms. The normalized spacial score (nSPS) is 12.1. The van der Waals surface area contributed by atoms with E-state index in [9.17, 15) is 4.79 Å². The minimum Gasteiger partial charge on any atom is -0.381 e. The Morgan fingerprint density at radius 2 is 2.36 bits per heavy atom. The van der Waals surface area contributed by atoms with E-state index in [4.69, 9.17) is 16.6 Å². The Morgan fingerprint density at radius 3 is 2.93 bits per heavy atom. The van der Waals surface area contributed by atoms with Gasteiger partial charge in [0.2, 0.25) is 17.8 Å². The third kappa shape index (κ3) is 2.83. The van der Waals surface area contributed by atoms with Crippen LogP contribution in [0.4, 0.5) is 11.9 Å². The minimum atomic E-state index is -1.28. The average Bonchev–Trinajstić information content (AvgIpc) is 2.14. The molecule has 0 aliphatic rings. The number of carbonyl (C=O) groups excluding carboxylic acids is 1. The van der Waals surface area contributed by atoms with E-state index in [1.54, 1.807) is 0 Å². The lowest BCUT2D eigenvalue weighted by atomic mass is 10.3. The summed E-state index contributed by atoms with van der Waals surface area (Å²) in [5.74, 6) is -0.589. The van der Waals surface area contributed by atoms with Crippen LogP contribution in [0.2, 0.25) is 0 Å². The molecule has 1 aromatic heterocycles. The molecule has 8 heteroatoms. The summed E-state index contributed by atoms with van der Waals surface area (Å²) in [6.07, 6.45) is -0.0746. The van der Waals surface area contributed by atoms with E-state index in [2.05, 4.69) is 20.3 Å². The van der Waals surface area contributed by atoms with Crippen LogP contribution in [-0.2, 0) is 4.79 Å². The molecule has 0 aliphatic heterocycles. The van der Waals surface area contributed by atoms with Gasteiger partial charge in [-0.1, -0.05) is 0 Å². The van der Waals surface area contributed by atoms with Gasteiger partial charge in [0.25, 0.3) is 0 Å². The maximum absolute atomic E-state index is 10.4. The van der Waals surface area contributed by atoms with Gasteiger partial charge in [0.05, 0.1) is 6.54 Å². The fourth-order valence-electron chi connectivity index (χ4n) is 0.683. The van der Waals surface area contributed by atoms with Gasteiger partial charge >= 0.3 is 0 Å². The predicted octanol–water partition coefficient (Wildman–Crippen LogP) is -2.29. The number of rotatable bonds is 4. The van der Waals surface area contributed by atoms with Crippen LogP contribution in [0.3, 0.4) is 0 Å². The van der Waals surface area contributed by atoms with E-state index in [-0.39, 0.29) is 18.4 Å². The molecule has 1 atom stereocenters. The number of hydrogen-bond acceptors (Lipinski definition) is 7. The molecule has 1 unspecified atom stereocenters. The molecule has 6 N–H and O–H groups in total. The van der Waals surface area contributed by atoms with Crippen LogP contribution >= 0.6 is 0 Å². The number of carbonyl (C=O) groups is 1. The zero-order valence-corrected chi connectivity index (χ0v) is 7.21. The Hall–Kier alpha value is -1.96. The maximum Gasteiger partial charge on any atom is 0.248 e. The van der Waals surface area contributed by atoms with Crippen LogP contribution < -0.4 is 16.8 Å². The van der Waals surface area contributed by atoms with Crippen molar-refractivity contribution in [3.05, 3.63) is 6.33 Å². The highest BCUT2D eigenvalue weighted by Gasteiger charge is 2.10. The highest BCUT2D eigenvalue weighted by molar-refractivity contribution is 5.79. The van der Waals surface area contributed by atoms with Gasteiger partial charge in [0, 0.05) is 0 Å². The SMILES string of the molecule is NC(=O)C(O)CNc1ncnc(N)n1. The van der Waals surface area contributed by atoms with Crippen molar-refractivity contribution in [1.29, 1.82) is 0 Å². The van der Waals surface area contributed by atoms with Crippen LogP contribution in [-0.4, -0.2) is 38.6 Å². The monoisotopic (exact) mass is 198 g/mol. The molecule has 8 nitrogen and oxygen atoms in total. The van der Waals surface area contributed by atoms with Crippen LogP contribution in [0.5, 0.6) is 0 Å². The molecule has 0 fully saturated rings. The van der Waals surface area contributed by atoms with Crippen LogP contribution in [0, 0.1) is 0 Å². The van der Waals surface area contributed by atoms with Crippen molar-refractivity contribution in [2.45, 2.75) is 6.10 Å². The number of aliphatic hydroxyl groups excluding tert-OH is 1. The third-order valence-electron chi connectivity index (χ3n) is 1.37. The number of aliphatic hydroxyl groups is 1. The fourth-order valence-corrected chi connectivity index (χ4v) is 0.683. The van der Waals surface area contributed by atoms with E-state index in [1.807, 2.05) is 0 Å². The topological polar surface area (TPSA) is 140 Å². The maximum atomic E-state index is 10.4. The molecule has 1 heterocycles. The summed E-state index contributed by atoms with van der Waals surface area (Å²) in [6.45, 7) is -0.0706. The van der Waals surface area contributed by atoms with Crippen molar-refractivity contribution in [3.8, 4) is 0 Å². The number of nitrogen functional groups attached to an aromatic ring is 1. The Labute approximate surface area is 79.4 Å². The van der Waals surface area contributed by atoms with Crippen LogP contribution in [0.15, 0.2) is 6.33 Å². The molecule has 0 radical (unpaired) electrons. The van der Waals surface area contributed by atoms with Gasteiger partial charge in [-0.3, -0.25) is 4.79 Å². The molecular weight excluding hydrogens is 188 g/mol. The molecule has 1 rings (SSSR count). The van der Waals surface area contributed by atoms with Crippen LogP contribution in [0.25, 0.3) is 0 Å². The van der Waals surface area contributed by atoms with Crippen molar-refractivity contribution in [1.82, 2.24) is 15.0 Å². The third-order valence-corrected chi connectivity index (χ3v) is 1.37. The van der Waals surface area contributed by atoms with Gasteiger partial charge in [0.15, 0.2) is 0 Å². The molecule has 0 aromatic carbocycles. The van der Waals surface area contributed by atoms with Gasteiger partial charge in [0.1, 0.15) is 12.4 Å². The predicted molar refractivity (Wildman–Crippen MR) is 47.9 cm³/mol. The molecule has 1 aromatic rings. The first-order valence-corrected chi connectivity index (χ1v) is 3.75. The van der Waals surface area contributed by atoms with E-state index in [0.29, 0.717) is 0 Å². The lowest BCUT2D eigenvalue weighted by molar-refractivity contribution is -0.125. The van der Waals surface area contributed by atoms with Crippen molar-refractivity contribution in [2.24, 2.45) is 5.73 Å². The van der Waals surface area contributed by atoms with Crippen molar-refractivity contribution in [3.63, 3.8) is 0 Å². The first-order valence-electron chi connectivity index (χ1n) is 3.75. The second-order valence-electron chi connectivity index (χ2n) is 2.47. The summed E-state index contributed by atoms with van der Waals surface area (Å²) in [6, 6.07) is 0. The molecule has 0 spiro atoms. The standard InChI is InChI=1S/C6H10N6O2/c7-4(14)3(13)1-9-6-11-2-10-5(8)12-6/h2-3,13H,1H2,(H2,7,14)(H3,8,9,10,11,12). The smallest absolute Gasteiger partial charge is 0.248 e. The van der Waals surface area contributed by atoms with Gasteiger partial charge in [-0.2, -0.15) is 4.98 Å². The summed E-state index contributed by atoms with van der Waals surface area (Å²) in [4.78, 5) is 21.4. The summed E-state index contributed by atoms with van der Waals surface area (Å²) >= 11 is 0. The second kappa shape index (κ2) is 4.33. The second-order valence-corrected chi connectivity index (χ2v) is 2.47. The minimum absolute atomic E-state index is 0.0519. The Morgan fingerprint density at radius 1 is 1.64 bits per heavy atom. The highest BCUT2D eigenvalue weighted by atomic mass is 16.3. The number of hydrogen-bond donors (Lipinski definition) is 4. The molecular formula is C6H10N6O2. The summed E-state index contributed by atoms with van der Waals surface area (Å²) in [5, 5.41) is 11.6. The summed E-state index contributed by atoms with van der Waals surface area (Å²) in [5.41, 5.74) is 10.1. The molecule has 0 bridgehead atoms. The molecule has 0 saturated carbocycles. The van der Waals surface area contributed by atoms with Crippen LogP contribution in [0.1, 0.15) is 0 Å². The Bertz CT molecular complexity index is 330. The Kier molecular flexibility index (Phi) is 3.13. The lowest BCUT2D eigenvalue weighted by Crippen LogP contribution is -2.34. The molecule has 76 valence electrons. The van der Waals surface area contributed by atoms with Gasteiger partial charge in [-0.25, -0.2) is 9.97 Å². The average molecular weight is 198 g/mol. The number of anilines is 2. The summed E-state index contributed by atoms with van der Waals surface area (Å²) < 4.78 is 0. The highest BCUT2D eigenvalue weighted by Crippen LogP contribution is 1.97. The van der Waals surface area contributed by atoms with E-state index in [1.165, 1.54) is 6.33 Å². The molecule has 0 aliphatic carbocycles. The summed E-state index contributed by atoms with van der Waals surface area (Å²) in [7, 11) is 0. The van der Waals surface area contributed by atoms with Gasteiger partial charge in [-0.15, -0.1) is 0 Å². The van der Waals surface area contributed by atoms with E-state index >= 15 is 0 Å². The fraction of sp³-hybridized carbons (Fsp3) is 0.333. The van der Waals surface area contributed by atoms with Gasteiger partial charge < -0.3 is 21.9 Å². The van der Waals surface area contributed by atoms with E-state index < -0.39 is 12.0 Å². The van der Waals surface area contributed by atoms with E-state index in [0.717, 1.165) is 0 Å². The van der Waals surface area contributed by atoms with Gasteiger partial charge in [-0.05, 0) is 0 Å². The number of amides is 1. The number of nitrogens with one attached hydrogen (secondary N) is 1.